The molecule has 2 heterocycles. The largest absolute Gasteiger partial charge is 0.333 e. The van der Waals surface area contributed by atoms with Gasteiger partial charge in [0.1, 0.15) is 5.56 Å². The van der Waals surface area contributed by atoms with Gasteiger partial charge in [0.05, 0.1) is 0 Å². The van der Waals surface area contributed by atoms with Crippen molar-refractivity contribution in [3.05, 3.63) is 0 Å². The maximum atomic E-state index is 9.18. The molecular weight excluding hydrogens is 280 g/mol. The number of halogens is 1. The Morgan fingerprint density at radius 3 is 2.65 bits per heavy atom. The second-order valence-corrected chi connectivity index (χ2v) is 7.49. The fourth-order valence-corrected chi connectivity index (χ4v) is 4.79. The van der Waals surface area contributed by atoms with Crippen molar-refractivity contribution in [1.82, 2.24) is 0 Å². The zero-order valence-corrected chi connectivity index (χ0v) is 13.2. The standard InChI is InChI=1S/C15H25ClO4/c1-8-4-5-11-9(2)13(16)18-14-12(11)10(8)6-7-15(3,19-14)20-17/h8-14,17H,4-7H2,1-3H3/t8-,9-,10?,11+,12?,13?,14-,15?/m1/s1. The first kappa shape index (κ1) is 15.0. The molecule has 20 heavy (non-hydrogen) atoms. The number of hydrogen-bond donors (Lipinski definition) is 1. The molecule has 8 atom stereocenters. The third-order valence-electron chi connectivity index (χ3n) is 5.83. The maximum Gasteiger partial charge on any atom is 0.201 e. The monoisotopic (exact) mass is 304 g/mol. The molecule has 1 N–H and O–H groups in total. The highest BCUT2D eigenvalue weighted by molar-refractivity contribution is 6.19. The molecule has 0 aromatic heterocycles. The summed E-state index contributed by atoms with van der Waals surface area (Å²) in [5.74, 6) is 1.48. The summed E-state index contributed by atoms with van der Waals surface area (Å²) in [7, 11) is 0. The molecule has 1 saturated carbocycles. The van der Waals surface area contributed by atoms with Crippen LogP contribution in [0.25, 0.3) is 0 Å². The molecule has 2 aliphatic heterocycles. The van der Waals surface area contributed by atoms with Gasteiger partial charge in [0.25, 0.3) is 0 Å². The van der Waals surface area contributed by atoms with Crippen LogP contribution >= 0.6 is 11.6 Å². The maximum absolute atomic E-state index is 9.18. The Morgan fingerprint density at radius 2 is 1.95 bits per heavy atom. The summed E-state index contributed by atoms with van der Waals surface area (Å²) < 4.78 is 11.9. The molecule has 0 radical (unpaired) electrons. The molecule has 3 rings (SSSR count). The first-order valence-corrected chi connectivity index (χ1v) is 8.19. The Labute approximate surface area is 125 Å². The Morgan fingerprint density at radius 1 is 1.20 bits per heavy atom. The Hall–Kier alpha value is 0.130. The van der Waals surface area contributed by atoms with Crippen LogP contribution < -0.4 is 0 Å². The van der Waals surface area contributed by atoms with E-state index in [0.29, 0.717) is 36.0 Å². The number of rotatable bonds is 1. The van der Waals surface area contributed by atoms with Crippen LogP contribution in [0.3, 0.4) is 0 Å². The molecule has 3 fully saturated rings. The predicted octanol–water partition coefficient (Wildman–Crippen LogP) is 3.84. The van der Waals surface area contributed by atoms with Gasteiger partial charge < -0.3 is 9.47 Å². The van der Waals surface area contributed by atoms with E-state index >= 15 is 0 Å². The minimum atomic E-state index is -0.983. The predicted molar refractivity (Wildman–Crippen MR) is 75.0 cm³/mol. The topological polar surface area (TPSA) is 47.9 Å². The Kier molecular flexibility index (Phi) is 4.06. The van der Waals surface area contributed by atoms with Gasteiger partial charge in [0.15, 0.2) is 6.29 Å². The van der Waals surface area contributed by atoms with Gasteiger partial charge in [0, 0.05) is 12.3 Å². The Balaban J connectivity index is 1.92. The molecule has 4 nitrogen and oxygen atoms in total. The van der Waals surface area contributed by atoms with Crippen molar-refractivity contribution in [2.75, 3.05) is 0 Å². The van der Waals surface area contributed by atoms with Gasteiger partial charge in [-0.1, -0.05) is 31.9 Å². The van der Waals surface area contributed by atoms with Crippen molar-refractivity contribution in [3.63, 3.8) is 0 Å². The summed E-state index contributed by atoms with van der Waals surface area (Å²) in [4.78, 5) is 4.61. The van der Waals surface area contributed by atoms with Crippen molar-refractivity contribution in [2.24, 2.45) is 29.6 Å². The van der Waals surface area contributed by atoms with Crippen LogP contribution in [0.2, 0.25) is 0 Å². The van der Waals surface area contributed by atoms with Crippen molar-refractivity contribution >= 4 is 11.6 Å². The first-order chi connectivity index (χ1) is 9.45. The molecule has 0 amide bonds. The summed E-state index contributed by atoms with van der Waals surface area (Å²) in [5.41, 5.74) is -0.323. The van der Waals surface area contributed by atoms with Crippen LogP contribution in [-0.4, -0.2) is 22.9 Å². The SMILES string of the molecule is C[C@@H]1CC[C@@H]2C3C1CCC(C)(OO)O[C@H]3OC(Cl)[C@@H]2C. The van der Waals surface area contributed by atoms with E-state index < -0.39 is 5.79 Å². The quantitative estimate of drug-likeness (QED) is 0.454. The molecule has 0 spiro atoms. The Bertz CT molecular complexity index is 366. The minimum Gasteiger partial charge on any atom is -0.333 e. The second kappa shape index (κ2) is 5.40. The molecule has 4 unspecified atom stereocenters. The fraction of sp³-hybridized carbons (Fsp3) is 1.00. The normalized spacial score (nSPS) is 56.0. The average molecular weight is 305 g/mol. The van der Waals surface area contributed by atoms with Crippen LogP contribution in [0.4, 0.5) is 0 Å². The minimum absolute atomic E-state index is 0.323. The lowest BCUT2D eigenvalue weighted by atomic mass is 9.61. The van der Waals surface area contributed by atoms with Crippen molar-refractivity contribution in [2.45, 2.75) is 64.1 Å². The smallest absolute Gasteiger partial charge is 0.201 e. The summed E-state index contributed by atoms with van der Waals surface area (Å²) in [5, 5.41) is 9.18. The van der Waals surface area contributed by atoms with Gasteiger partial charge in [-0.3, -0.25) is 0 Å². The van der Waals surface area contributed by atoms with E-state index in [4.69, 9.17) is 21.1 Å². The molecule has 0 bridgehead atoms. The highest BCUT2D eigenvalue weighted by atomic mass is 35.5. The third kappa shape index (κ3) is 2.40. The molecule has 0 aromatic carbocycles. The zero-order valence-electron chi connectivity index (χ0n) is 12.4. The van der Waals surface area contributed by atoms with E-state index in [-0.39, 0.29) is 11.9 Å². The molecule has 1 aliphatic carbocycles. The molecule has 116 valence electrons. The van der Waals surface area contributed by atoms with Crippen molar-refractivity contribution < 1.29 is 19.6 Å². The van der Waals surface area contributed by atoms with Crippen LogP contribution in [0.5, 0.6) is 0 Å². The van der Waals surface area contributed by atoms with Crippen LogP contribution in [-0.2, 0) is 14.4 Å². The summed E-state index contributed by atoms with van der Waals surface area (Å²) in [6.07, 6.45) is 3.74. The highest BCUT2D eigenvalue weighted by Crippen LogP contribution is 2.53. The van der Waals surface area contributed by atoms with E-state index in [1.54, 1.807) is 6.92 Å². The van der Waals surface area contributed by atoms with Crippen LogP contribution in [0, 0.1) is 29.6 Å². The molecule has 2 saturated heterocycles. The molecule has 5 heteroatoms. The number of hydrogen-bond acceptors (Lipinski definition) is 4. The second-order valence-electron chi connectivity index (χ2n) is 7.06. The number of alkyl halides is 1. The lowest BCUT2D eigenvalue weighted by Crippen LogP contribution is -2.52. The van der Waals surface area contributed by atoms with Gasteiger partial charge >= 0.3 is 0 Å². The van der Waals surface area contributed by atoms with Crippen LogP contribution in [0.1, 0.15) is 46.5 Å². The van der Waals surface area contributed by atoms with Gasteiger partial charge in [0.2, 0.25) is 5.79 Å². The fourth-order valence-electron chi connectivity index (χ4n) is 4.50. The lowest BCUT2D eigenvalue weighted by Gasteiger charge is -2.51. The van der Waals surface area contributed by atoms with E-state index in [0.717, 1.165) is 6.42 Å². The van der Waals surface area contributed by atoms with Crippen molar-refractivity contribution in [1.29, 1.82) is 0 Å². The summed E-state index contributed by atoms with van der Waals surface area (Å²) >= 11 is 6.35. The van der Waals surface area contributed by atoms with Crippen molar-refractivity contribution in [3.8, 4) is 0 Å². The van der Waals surface area contributed by atoms with E-state index in [1.807, 2.05) is 0 Å². The molecule has 0 aromatic rings. The highest BCUT2D eigenvalue weighted by Gasteiger charge is 2.54. The van der Waals surface area contributed by atoms with Gasteiger partial charge in [-0.05, 0) is 43.4 Å². The van der Waals surface area contributed by atoms with E-state index in [1.165, 1.54) is 12.8 Å². The zero-order chi connectivity index (χ0) is 14.5. The molecule has 3 aliphatic rings. The average Bonchev–Trinajstić information content (AvgIpc) is 2.57. The molecular formula is C15H25ClO4. The summed E-state index contributed by atoms with van der Waals surface area (Å²) in [6, 6.07) is 0. The lowest BCUT2D eigenvalue weighted by molar-refractivity contribution is -0.432. The van der Waals surface area contributed by atoms with Gasteiger partial charge in [-0.25, -0.2) is 10.1 Å². The van der Waals surface area contributed by atoms with Gasteiger partial charge in [-0.2, -0.15) is 0 Å². The van der Waals surface area contributed by atoms with E-state index in [2.05, 4.69) is 18.7 Å². The van der Waals surface area contributed by atoms with Gasteiger partial charge in [-0.15, -0.1) is 0 Å². The van der Waals surface area contributed by atoms with E-state index in [9.17, 15) is 5.26 Å². The summed E-state index contributed by atoms with van der Waals surface area (Å²) in [6.45, 7) is 6.27. The van der Waals surface area contributed by atoms with Crippen LogP contribution in [0.15, 0.2) is 0 Å². The third-order valence-corrected chi connectivity index (χ3v) is 6.33. The number of ether oxygens (including phenoxy) is 2. The first-order valence-electron chi connectivity index (χ1n) is 7.75.